The summed E-state index contributed by atoms with van der Waals surface area (Å²) in [6, 6.07) is 25.6. The average Bonchev–Trinajstić information content (AvgIpc) is 2.73. The van der Waals surface area contributed by atoms with Gasteiger partial charge >= 0.3 is 0 Å². The molecule has 0 radical (unpaired) electrons. The van der Waals surface area contributed by atoms with Gasteiger partial charge in [-0.1, -0.05) is 42.5 Å². The summed E-state index contributed by atoms with van der Waals surface area (Å²) >= 11 is 0. The Morgan fingerprint density at radius 1 is 0.586 bits per heavy atom. The molecule has 0 unspecified atom stereocenters. The monoisotopic (exact) mass is 383 g/mol. The predicted molar refractivity (Wildman–Crippen MR) is 118 cm³/mol. The maximum Gasteiger partial charge on any atom is 0.241 e. The maximum absolute atomic E-state index is 10.9. The molecule has 0 bridgehead atoms. The van der Waals surface area contributed by atoms with Crippen molar-refractivity contribution in [3.63, 3.8) is 0 Å². The van der Waals surface area contributed by atoms with Gasteiger partial charge in [0, 0.05) is 29.2 Å². The summed E-state index contributed by atoms with van der Waals surface area (Å²) < 4.78 is 0. The van der Waals surface area contributed by atoms with Crippen LogP contribution < -0.4 is 16.4 Å². The molecule has 0 aliphatic heterocycles. The standard InChI is InChI=1S/C24H21N3O2/c25-23(28)16-10-18-6-12-21(13-7-18)27(20-4-2-1-3-5-20)22-14-8-19(9-15-22)11-17-24(26)29/h1-17H,(H2,25,28)(H2,26,29)/b16-10-,17-11-. The van der Waals surface area contributed by atoms with Crippen molar-refractivity contribution in [3.05, 3.63) is 102 Å². The van der Waals surface area contributed by atoms with Crippen LogP contribution in [-0.2, 0) is 9.59 Å². The van der Waals surface area contributed by atoms with Crippen molar-refractivity contribution in [2.75, 3.05) is 4.90 Å². The van der Waals surface area contributed by atoms with Crippen LogP contribution in [0.2, 0.25) is 0 Å². The summed E-state index contributed by atoms with van der Waals surface area (Å²) in [5, 5.41) is 0. The molecule has 0 aliphatic carbocycles. The molecule has 144 valence electrons. The zero-order valence-electron chi connectivity index (χ0n) is 15.7. The molecule has 4 N–H and O–H groups in total. The van der Waals surface area contributed by atoms with Gasteiger partial charge in [-0.25, -0.2) is 0 Å². The third-order valence-corrected chi connectivity index (χ3v) is 4.20. The second-order valence-electron chi connectivity index (χ2n) is 6.33. The molecule has 0 atom stereocenters. The fourth-order valence-corrected chi connectivity index (χ4v) is 2.85. The van der Waals surface area contributed by atoms with E-state index >= 15 is 0 Å². The quantitative estimate of drug-likeness (QED) is 0.601. The lowest BCUT2D eigenvalue weighted by Crippen LogP contribution is -2.09. The molecule has 0 aliphatic rings. The number of primary amides is 2. The Hall–Kier alpha value is -4.12. The molecule has 3 aromatic rings. The lowest BCUT2D eigenvalue weighted by molar-refractivity contribution is -0.114. The maximum atomic E-state index is 10.9. The number of hydrogen-bond acceptors (Lipinski definition) is 3. The Morgan fingerprint density at radius 2 is 0.966 bits per heavy atom. The van der Waals surface area contributed by atoms with Gasteiger partial charge < -0.3 is 16.4 Å². The van der Waals surface area contributed by atoms with Crippen LogP contribution in [0.25, 0.3) is 12.2 Å². The Bertz CT molecular complexity index is 970. The highest BCUT2D eigenvalue weighted by molar-refractivity contribution is 5.91. The molecule has 0 saturated heterocycles. The highest BCUT2D eigenvalue weighted by atomic mass is 16.1. The number of para-hydroxylation sites is 1. The molecule has 0 saturated carbocycles. The normalized spacial score (nSPS) is 11.0. The van der Waals surface area contributed by atoms with Crippen LogP contribution >= 0.6 is 0 Å². The third-order valence-electron chi connectivity index (χ3n) is 4.20. The van der Waals surface area contributed by atoms with Crippen molar-refractivity contribution in [2.45, 2.75) is 0 Å². The largest absolute Gasteiger partial charge is 0.366 e. The molecular formula is C24H21N3O2. The molecular weight excluding hydrogens is 362 g/mol. The minimum absolute atomic E-state index is 0.481. The number of anilines is 3. The van der Waals surface area contributed by atoms with Crippen LogP contribution in [-0.4, -0.2) is 11.8 Å². The average molecular weight is 383 g/mol. The first-order valence-electron chi connectivity index (χ1n) is 9.03. The zero-order valence-corrected chi connectivity index (χ0v) is 15.7. The number of rotatable bonds is 7. The number of nitrogens with two attached hydrogens (primary N) is 2. The summed E-state index contributed by atoms with van der Waals surface area (Å²) in [6.45, 7) is 0. The Morgan fingerprint density at radius 3 is 1.34 bits per heavy atom. The van der Waals surface area contributed by atoms with Gasteiger partial charge in [0.15, 0.2) is 0 Å². The van der Waals surface area contributed by atoms with E-state index in [1.165, 1.54) is 12.2 Å². The van der Waals surface area contributed by atoms with Gasteiger partial charge in [-0.15, -0.1) is 0 Å². The molecule has 5 heteroatoms. The van der Waals surface area contributed by atoms with Gasteiger partial charge in [0.2, 0.25) is 11.8 Å². The SMILES string of the molecule is NC(=O)/C=C\c1ccc(N(c2ccccc2)c2ccc(/C=C\C(N)=O)cc2)cc1. The minimum Gasteiger partial charge on any atom is -0.366 e. The predicted octanol–water partition coefficient (Wildman–Crippen LogP) is 4.15. The Kier molecular flexibility index (Phi) is 6.22. The van der Waals surface area contributed by atoms with E-state index in [9.17, 15) is 9.59 Å². The summed E-state index contributed by atoms with van der Waals surface area (Å²) in [7, 11) is 0. The highest BCUT2D eigenvalue weighted by Crippen LogP contribution is 2.34. The summed E-state index contributed by atoms with van der Waals surface area (Å²) in [5.74, 6) is -0.962. The Balaban J connectivity index is 1.96. The van der Waals surface area contributed by atoms with Crippen LogP contribution in [0.1, 0.15) is 11.1 Å². The van der Waals surface area contributed by atoms with Gasteiger partial charge in [-0.2, -0.15) is 0 Å². The van der Waals surface area contributed by atoms with Crippen molar-refractivity contribution in [1.82, 2.24) is 0 Å². The molecule has 0 fully saturated rings. The fourth-order valence-electron chi connectivity index (χ4n) is 2.85. The Labute approximate surface area is 169 Å². The van der Waals surface area contributed by atoms with Gasteiger partial charge in [0.25, 0.3) is 0 Å². The number of amides is 2. The van der Waals surface area contributed by atoms with Crippen molar-refractivity contribution < 1.29 is 9.59 Å². The molecule has 29 heavy (non-hydrogen) atoms. The van der Waals surface area contributed by atoms with Crippen LogP contribution in [0.3, 0.4) is 0 Å². The van der Waals surface area contributed by atoms with E-state index in [1.54, 1.807) is 12.2 Å². The lowest BCUT2D eigenvalue weighted by atomic mass is 10.1. The van der Waals surface area contributed by atoms with E-state index in [0.29, 0.717) is 0 Å². The van der Waals surface area contributed by atoms with E-state index in [4.69, 9.17) is 11.5 Å². The van der Waals surface area contributed by atoms with Crippen molar-refractivity contribution >= 4 is 41.0 Å². The van der Waals surface area contributed by atoms with E-state index in [-0.39, 0.29) is 0 Å². The molecule has 3 rings (SSSR count). The number of nitrogens with zero attached hydrogens (tertiary/aromatic N) is 1. The summed E-state index contributed by atoms with van der Waals surface area (Å²) in [5.41, 5.74) is 15.0. The fraction of sp³-hybridized carbons (Fsp3) is 0. The van der Waals surface area contributed by atoms with Crippen molar-refractivity contribution in [2.24, 2.45) is 11.5 Å². The summed E-state index contributed by atoms with van der Waals surface area (Å²) in [4.78, 5) is 24.0. The first-order chi connectivity index (χ1) is 14.0. The highest BCUT2D eigenvalue weighted by Gasteiger charge is 2.11. The van der Waals surface area contributed by atoms with Crippen molar-refractivity contribution in [3.8, 4) is 0 Å². The van der Waals surface area contributed by atoms with Gasteiger partial charge in [0.05, 0.1) is 0 Å². The first-order valence-corrected chi connectivity index (χ1v) is 9.03. The van der Waals surface area contributed by atoms with E-state index in [2.05, 4.69) is 4.90 Å². The number of hydrogen-bond donors (Lipinski definition) is 2. The van der Waals surface area contributed by atoms with Crippen LogP contribution in [0.15, 0.2) is 91.0 Å². The van der Waals surface area contributed by atoms with E-state index in [1.807, 2.05) is 78.9 Å². The molecule has 2 amide bonds. The van der Waals surface area contributed by atoms with E-state index < -0.39 is 11.8 Å². The molecule has 0 heterocycles. The van der Waals surface area contributed by atoms with Gasteiger partial charge in [0.1, 0.15) is 0 Å². The van der Waals surface area contributed by atoms with Crippen LogP contribution in [0, 0.1) is 0 Å². The van der Waals surface area contributed by atoms with Crippen LogP contribution in [0.5, 0.6) is 0 Å². The molecule has 0 aromatic heterocycles. The van der Waals surface area contributed by atoms with Crippen LogP contribution in [0.4, 0.5) is 17.1 Å². The number of carbonyl (C=O) groups is 2. The summed E-state index contributed by atoms with van der Waals surface area (Å²) in [6.07, 6.45) is 6.03. The zero-order chi connectivity index (χ0) is 20.6. The van der Waals surface area contributed by atoms with Gasteiger partial charge in [-0.05, 0) is 59.7 Å². The molecule has 0 spiro atoms. The smallest absolute Gasteiger partial charge is 0.241 e. The van der Waals surface area contributed by atoms with Crippen molar-refractivity contribution in [1.29, 1.82) is 0 Å². The minimum atomic E-state index is -0.481. The second-order valence-corrected chi connectivity index (χ2v) is 6.33. The first kappa shape index (κ1) is 19.6. The number of benzene rings is 3. The topological polar surface area (TPSA) is 89.4 Å². The lowest BCUT2D eigenvalue weighted by Gasteiger charge is -2.25. The molecule has 3 aromatic carbocycles. The molecule has 5 nitrogen and oxygen atoms in total. The van der Waals surface area contributed by atoms with Gasteiger partial charge in [-0.3, -0.25) is 9.59 Å². The van der Waals surface area contributed by atoms with E-state index in [0.717, 1.165) is 28.2 Å². The number of carbonyl (C=O) groups excluding carboxylic acids is 2. The third kappa shape index (κ3) is 5.43. The second kappa shape index (κ2) is 9.19.